The molecule has 0 aliphatic heterocycles. The number of pyridine rings is 1. The fourth-order valence-corrected chi connectivity index (χ4v) is 2.15. The zero-order valence-electron chi connectivity index (χ0n) is 11.5. The molecule has 0 aliphatic rings. The van der Waals surface area contributed by atoms with Crippen molar-refractivity contribution < 1.29 is 9.84 Å². The molecule has 0 amide bonds. The van der Waals surface area contributed by atoms with Crippen molar-refractivity contribution >= 4 is 0 Å². The molecule has 1 atom stereocenters. The number of aromatic nitrogens is 1. The predicted molar refractivity (Wildman–Crippen MR) is 75.2 cm³/mol. The normalized spacial score (nSPS) is 13.1. The number of methoxy groups -OCH3 is 1. The van der Waals surface area contributed by atoms with Gasteiger partial charge in [-0.25, -0.2) is 0 Å². The second kappa shape index (κ2) is 5.41. The van der Waals surface area contributed by atoms with Crippen molar-refractivity contribution in [3.8, 4) is 5.75 Å². The smallest absolute Gasteiger partial charge is 0.143 e. The quantitative estimate of drug-likeness (QED) is 0.915. The number of hydrogen-bond acceptors (Lipinski definition) is 3. The number of rotatable bonds is 4. The molecular formula is C16H19NO2. The summed E-state index contributed by atoms with van der Waals surface area (Å²) in [6.45, 7) is 4.00. The van der Waals surface area contributed by atoms with Gasteiger partial charge in [-0.1, -0.05) is 44.2 Å². The van der Waals surface area contributed by atoms with Crippen molar-refractivity contribution in [1.82, 2.24) is 4.98 Å². The topological polar surface area (TPSA) is 42.4 Å². The first-order valence-corrected chi connectivity index (χ1v) is 6.30. The van der Waals surface area contributed by atoms with Crippen molar-refractivity contribution in [2.45, 2.75) is 25.4 Å². The van der Waals surface area contributed by atoms with Crippen LogP contribution in [0.1, 0.15) is 31.2 Å². The van der Waals surface area contributed by atoms with Crippen LogP contribution in [0.3, 0.4) is 0 Å². The molecule has 3 heteroatoms. The largest absolute Gasteiger partial charge is 0.495 e. The second-order valence-electron chi connectivity index (χ2n) is 5.08. The number of benzene rings is 1. The summed E-state index contributed by atoms with van der Waals surface area (Å²) in [6, 6.07) is 13.5. The first-order valence-electron chi connectivity index (χ1n) is 6.30. The van der Waals surface area contributed by atoms with Crippen LogP contribution in [-0.2, 0) is 5.41 Å². The Morgan fingerprint density at radius 2 is 1.79 bits per heavy atom. The van der Waals surface area contributed by atoms with Crippen LogP contribution < -0.4 is 4.74 Å². The molecule has 2 aromatic rings. The summed E-state index contributed by atoms with van der Waals surface area (Å²) < 4.78 is 5.27. The van der Waals surface area contributed by atoms with Crippen LogP contribution in [0.25, 0.3) is 0 Å². The molecule has 1 aromatic heterocycles. The van der Waals surface area contributed by atoms with E-state index in [0.29, 0.717) is 11.4 Å². The van der Waals surface area contributed by atoms with Crippen molar-refractivity contribution in [2.75, 3.05) is 7.11 Å². The first kappa shape index (κ1) is 13.6. The summed E-state index contributed by atoms with van der Waals surface area (Å²) >= 11 is 0. The zero-order valence-corrected chi connectivity index (χ0v) is 11.5. The van der Waals surface area contributed by atoms with Gasteiger partial charge in [-0.15, -0.1) is 0 Å². The Morgan fingerprint density at radius 1 is 1.11 bits per heavy atom. The van der Waals surface area contributed by atoms with E-state index >= 15 is 0 Å². The van der Waals surface area contributed by atoms with Gasteiger partial charge in [-0.3, -0.25) is 4.98 Å². The lowest BCUT2D eigenvalue weighted by Crippen LogP contribution is -2.27. The van der Waals surface area contributed by atoms with E-state index < -0.39 is 11.5 Å². The van der Waals surface area contributed by atoms with E-state index in [1.165, 1.54) is 0 Å². The minimum absolute atomic E-state index is 0.442. The fourth-order valence-electron chi connectivity index (χ4n) is 2.15. The second-order valence-corrected chi connectivity index (χ2v) is 5.08. The molecule has 1 aromatic carbocycles. The number of ether oxygens (including phenoxy) is 1. The van der Waals surface area contributed by atoms with Crippen LogP contribution in [0.2, 0.25) is 0 Å². The van der Waals surface area contributed by atoms with Gasteiger partial charge in [0, 0.05) is 11.6 Å². The van der Waals surface area contributed by atoms with Crippen LogP contribution in [0.5, 0.6) is 5.75 Å². The monoisotopic (exact) mass is 257 g/mol. The molecule has 3 nitrogen and oxygen atoms in total. The Labute approximate surface area is 113 Å². The summed E-state index contributed by atoms with van der Waals surface area (Å²) in [7, 11) is 1.59. The van der Waals surface area contributed by atoms with Crippen molar-refractivity contribution in [1.29, 1.82) is 0 Å². The summed E-state index contributed by atoms with van der Waals surface area (Å²) in [5, 5.41) is 10.7. The molecule has 0 spiro atoms. The highest BCUT2D eigenvalue weighted by molar-refractivity contribution is 5.34. The van der Waals surface area contributed by atoms with Crippen LogP contribution in [0.15, 0.2) is 48.7 Å². The summed E-state index contributed by atoms with van der Waals surface area (Å²) in [4.78, 5) is 4.27. The fraction of sp³-hybridized carbons (Fsp3) is 0.312. The SMILES string of the molecule is COc1cccnc1C(O)C(C)(C)c1ccccc1. The van der Waals surface area contributed by atoms with E-state index in [9.17, 15) is 5.11 Å². The van der Waals surface area contributed by atoms with Gasteiger partial charge in [0.1, 0.15) is 17.5 Å². The van der Waals surface area contributed by atoms with Gasteiger partial charge in [0.2, 0.25) is 0 Å². The molecule has 0 aliphatic carbocycles. The number of aliphatic hydroxyl groups excluding tert-OH is 1. The Balaban J connectivity index is 2.40. The molecule has 1 unspecified atom stereocenters. The lowest BCUT2D eigenvalue weighted by atomic mass is 9.78. The van der Waals surface area contributed by atoms with Gasteiger partial charge < -0.3 is 9.84 Å². The average Bonchev–Trinajstić information content (AvgIpc) is 2.47. The molecule has 0 saturated heterocycles. The molecular weight excluding hydrogens is 238 g/mol. The molecule has 1 heterocycles. The highest BCUT2D eigenvalue weighted by atomic mass is 16.5. The first-order chi connectivity index (χ1) is 9.07. The molecule has 19 heavy (non-hydrogen) atoms. The zero-order chi connectivity index (χ0) is 13.9. The molecule has 0 saturated carbocycles. The van der Waals surface area contributed by atoms with Crippen molar-refractivity contribution in [3.05, 3.63) is 59.9 Å². The van der Waals surface area contributed by atoms with Gasteiger partial charge in [-0.05, 0) is 17.7 Å². The maximum Gasteiger partial charge on any atom is 0.143 e. The number of hydrogen-bond donors (Lipinski definition) is 1. The van der Waals surface area contributed by atoms with E-state index in [4.69, 9.17) is 4.74 Å². The lowest BCUT2D eigenvalue weighted by molar-refractivity contribution is 0.0931. The molecule has 100 valence electrons. The Kier molecular flexibility index (Phi) is 3.86. The third kappa shape index (κ3) is 2.61. The predicted octanol–water partition coefficient (Wildman–Crippen LogP) is 3.10. The van der Waals surface area contributed by atoms with Crippen LogP contribution in [0.4, 0.5) is 0 Å². The average molecular weight is 257 g/mol. The third-order valence-electron chi connectivity index (χ3n) is 3.48. The third-order valence-corrected chi connectivity index (χ3v) is 3.48. The summed E-state index contributed by atoms with van der Waals surface area (Å²) in [5.74, 6) is 0.610. The van der Waals surface area contributed by atoms with E-state index in [2.05, 4.69) is 4.98 Å². The molecule has 0 radical (unpaired) electrons. The number of nitrogens with zero attached hydrogens (tertiary/aromatic N) is 1. The van der Waals surface area contributed by atoms with Gasteiger partial charge in [0.05, 0.1) is 7.11 Å². The molecule has 1 N–H and O–H groups in total. The Morgan fingerprint density at radius 3 is 2.42 bits per heavy atom. The molecule has 2 rings (SSSR count). The van der Waals surface area contributed by atoms with Gasteiger partial charge >= 0.3 is 0 Å². The maximum atomic E-state index is 10.7. The maximum absolute atomic E-state index is 10.7. The highest BCUT2D eigenvalue weighted by Crippen LogP contribution is 2.38. The highest BCUT2D eigenvalue weighted by Gasteiger charge is 2.33. The van der Waals surface area contributed by atoms with Gasteiger partial charge in [-0.2, -0.15) is 0 Å². The van der Waals surface area contributed by atoms with E-state index in [1.807, 2.05) is 50.2 Å². The van der Waals surface area contributed by atoms with Crippen molar-refractivity contribution in [2.24, 2.45) is 0 Å². The van der Waals surface area contributed by atoms with Crippen LogP contribution >= 0.6 is 0 Å². The van der Waals surface area contributed by atoms with Crippen LogP contribution in [0, 0.1) is 0 Å². The standard InChI is InChI=1S/C16H19NO2/c1-16(2,12-8-5-4-6-9-12)15(18)14-13(19-3)10-7-11-17-14/h4-11,15,18H,1-3H3. The minimum atomic E-state index is -0.731. The lowest BCUT2D eigenvalue weighted by Gasteiger charge is -2.31. The van der Waals surface area contributed by atoms with E-state index in [1.54, 1.807) is 19.4 Å². The Bertz CT molecular complexity index is 537. The molecule has 0 bridgehead atoms. The molecule has 0 fully saturated rings. The number of aliphatic hydroxyl groups is 1. The summed E-state index contributed by atoms with van der Waals surface area (Å²) in [6.07, 6.45) is 0.938. The van der Waals surface area contributed by atoms with E-state index in [0.717, 1.165) is 5.56 Å². The summed E-state index contributed by atoms with van der Waals surface area (Å²) in [5.41, 5.74) is 1.19. The van der Waals surface area contributed by atoms with Crippen LogP contribution in [-0.4, -0.2) is 17.2 Å². The van der Waals surface area contributed by atoms with Gasteiger partial charge in [0.15, 0.2) is 0 Å². The Hall–Kier alpha value is -1.87. The minimum Gasteiger partial charge on any atom is -0.495 e. The van der Waals surface area contributed by atoms with E-state index in [-0.39, 0.29) is 0 Å². The van der Waals surface area contributed by atoms with Crippen molar-refractivity contribution in [3.63, 3.8) is 0 Å². The van der Waals surface area contributed by atoms with Gasteiger partial charge in [0.25, 0.3) is 0 Å².